The summed E-state index contributed by atoms with van der Waals surface area (Å²) in [4.78, 5) is 0. The molecule has 2 heteroatoms. The quantitative estimate of drug-likeness (QED) is 0.169. The van der Waals surface area contributed by atoms with Crippen molar-refractivity contribution in [2.24, 2.45) is 22.0 Å². The number of nitrogens with zero attached hydrogens (tertiary/aromatic N) is 2. The molecule has 2 nitrogen and oxygen atoms in total. The molecule has 0 heterocycles. The molecule has 0 atom stereocenters. The molecule has 1 aliphatic carbocycles. The summed E-state index contributed by atoms with van der Waals surface area (Å²) in [6, 6.07) is 19.3. The summed E-state index contributed by atoms with van der Waals surface area (Å²) in [5, 5.41) is 9.21. The minimum Gasteiger partial charge on any atom is -0.158 e. The molecule has 3 rings (SSSR count). The molecule has 0 amide bonds. The lowest BCUT2D eigenvalue weighted by Crippen LogP contribution is -2.21. The van der Waals surface area contributed by atoms with Crippen LogP contribution in [-0.4, -0.2) is 11.9 Å². The SMILES string of the molecule is C=CCCCCCc1ccc(C=NN=C(c2ccccc2)C2CCC(C)CC2)cc1. The van der Waals surface area contributed by atoms with Gasteiger partial charge in [0.15, 0.2) is 0 Å². The summed E-state index contributed by atoms with van der Waals surface area (Å²) in [6.45, 7) is 6.15. The third-order valence-corrected chi connectivity index (χ3v) is 6.20. The van der Waals surface area contributed by atoms with Crippen molar-refractivity contribution >= 4 is 11.9 Å². The van der Waals surface area contributed by atoms with Crippen molar-refractivity contribution < 1.29 is 0 Å². The zero-order chi connectivity index (χ0) is 21.0. The van der Waals surface area contributed by atoms with E-state index in [0.29, 0.717) is 5.92 Å². The van der Waals surface area contributed by atoms with Crippen LogP contribution in [0.4, 0.5) is 0 Å². The molecule has 0 aliphatic heterocycles. The van der Waals surface area contributed by atoms with Crippen LogP contribution in [0.15, 0.2) is 77.5 Å². The van der Waals surface area contributed by atoms with E-state index in [2.05, 4.69) is 73.2 Å². The van der Waals surface area contributed by atoms with E-state index in [0.717, 1.165) is 30.0 Å². The molecule has 0 aromatic heterocycles. The van der Waals surface area contributed by atoms with Gasteiger partial charge in [-0.05, 0) is 61.1 Å². The first-order chi connectivity index (χ1) is 14.8. The van der Waals surface area contributed by atoms with E-state index in [1.54, 1.807) is 0 Å². The maximum absolute atomic E-state index is 4.72. The third-order valence-electron chi connectivity index (χ3n) is 6.20. The molecule has 1 fully saturated rings. The lowest BCUT2D eigenvalue weighted by atomic mass is 9.79. The van der Waals surface area contributed by atoms with E-state index in [1.165, 1.54) is 56.1 Å². The number of hydrogen-bond donors (Lipinski definition) is 0. The monoisotopic (exact) mass is 400 g/mol. The molecule has 0 saturated heterocycles. The van der Waals surface area contributed by atoms with Crippen molar-refractivity contribution in [1.29, 1.82) is 0 Å². The second kappa shape index (κ2) is 12.3. The lowest BCUT2D eigenvalue weighted by Gasteiger charge is -2.27. The minimum absolute atomic E-state index is 0.518. The van der Waals surface area contributed by atoms with Gasteiger partial charge in [-0.15, -0.1) is 6.58 Å². The fraction of sp³-hybridized carbons (Fsp3) is 0.429. The average molecular weight is 401 g/mol. The van der Waals surface area contributed by atoms with Crippen molar-refractivity contribution in [2.75, 3.05) is 0 Å². The fourth-order valence-corrected chi connectivity index (χ4v) is 4.24. The van der Waals surface area contributed by atoms with Gasteiger partial charge in [-0.3, -0.25) is 0 Å². The summed E-state index contributed by atoms with van der Waals surface area (Å²) < 4.78 is 0. The van der Waals surface area contributed by atoms with Gasteiger partial charge < -0.3 is 0 Å². The largest absolute Gasteiger partial charge is 0.158 e. The van der Waals surface area contributed by atoms with Gasteiger partial charge in [0.1, 0.15) is 0 Å². The molecule has 2 aromatic rings. The lowest BCUT2D eigenvalue weighted by molar-refractivity contribution is 0.344. The minimum atomic E-state index is 0.518. The first kappa shape index (κ1) is 22.2. The molecule has 0 spiro atoms. The van der Waals surface area contributed by atoms with Crippen LogP contribution < -0.4 is 0 Å². The van der Waals surface area contributed by atoms with Gasteiger partial charge >= 0.3 is 0 Å². The standard InChI is InChI=1S/C28H36N2/c1-3-4-5-6-8-11-24-16-18-25(19-17-24)22-29-30-28(26-12-9-7-10-13-26)27-20-14-23(2)15-21-27/h3,7,9-10,12-13,16-19,22-23,27H,1,4-6,8,11,14-15,20-21H2,2H3. The van der Waals surface area contributed by atoms with Crippen molar-refractivity contribution in [1.82, 2.24) is 0 Å². The third kappa shape index (κ3) is 7.09. The summed E-state index contributed by atoms with van der Waals surface area (Å²) in [6.07, 6.45) is 14.9. The maximum Gasteiger partial charge on any atom is 0.0733 e. The van der Waals surface area contributed by atoms with Crippen LogP contribution in [0.2, 0.25) is 0 Å². The Balaban J connectivity index is 1.62. The van der Waals surface area contributed by atoms with Crippen LogP contribution in [0.3, 0.4) is 0 Å². The molecule has 2 aromatic carbocycles. The Bertz CT molecular complexity index is 809. The van der Waals surface area contributed by atoms with Gasteiger partial charge in [0.2, 0.25) is 0 Å². The molecular formula is C28H36N2. The zero-order valence-corrected chi connectivity index (χ0v) is 18.5. The van der Waals surface area contributed by atoms with Gasteiger partial charge in [-0.2, -0.15) is 10.2 Å². The Labute approximate surface area is 182 Å². The molecule has 30 heavy (non-hydrogen) atoms. The van der Waals surface area contributed by atoms with E-state index < -0.39 is 0 Å². The second-order valence-electron chi connectivity index (χ2n) is 8.68. The molecule has 0 bridgehead atoms. The van der Waals surface area contributed by atoms with Crippen LogP contribution in [0.25, 0.3) is 0 Å². The summed E-state index contributed by atoms with van der Waals surface area (Å²) in [5.74, 6) is 1.35. The van der Waals surface area contributed by atoms with Crippen molar-refractivity contribution in [3.8, 4) is 0 Å². The van der Waals surface area contributed by atoms with Crippen molar-refractivity contribution in [3.63, 3.8) is 0 Å². The number of unbranched alkanes of at least 4 members (excludes halogenated alkanes) is 3. The summed E-state index contributed by atoms with van der Waals surface area (Å²) >= 11 is 0. The van der Waals surface area contributed by atoms with Crippen LogP contribution in [0, 0.1) is 11.8 Å². The molecule has 158 valence electrons. The molecule has 0 N–H and O–H groups in total. The molecule has 0 unspecified atom stereocenters. The van der Waals surface area contributed by atoms with Gasteiger partial charge in [0.05, 0.1) is 11.9 Å². The van der Waals surface area contributed by atoms with Gasteiger partial charge in [-0.25, -0.2) is 0 Å². The van der Waals surface area contributed by atoms with Crippen molar-refractivity contribution in [2.45, 2.75) is 64.7 Å². The first-order valence-corrected chi connectivity index (χ1v) is 11.6. The highest BCUT2D eigenvalue weighted by molar-refractivity contribution is 6.02. The number of rotatable bonds is 10. The number of benzene rings is 2. The van der Waals surface area contributed by atoms with Crippen molar-refractivity contribution in [3.05, 3.63) is 83.9 Å². The summed E-state index contributed by atoms with van der Waals surface area (Å²) in [5.41, 5.74) is 4.87. The van der Waals surface area contributed by atoms with E-state index in [-0.39, 0.29) is 0 Å². The zero-order valence-electron chi connectivity index (χ0n) is 18.5. The highest BCUT2D eigenvalue weighted by Crippen LogP contribution is 2.31. The maximum atomic E-state index is 4.72. The number of allylic oxidation sites excluding steroid dienone is 1. The van der Waals surface area contributed by atoms with Crippen LogP contribution >= 0.6 is 0 Å². The average Bonchev–Trinajstić information content (AvgIpc) is 2.79. The Kier molecular flexibility index (Phi) is 9.08. The van der Waals surface area contributed by atoms with E-state index in [4.69, 9.17) is 5.10 Å². The van der Waals surface area contributed by atoms with Crippen LogP contribution in [-0.2, 0) is 6.42 Å². The van der Waals surface area contributed by atoms with Gasteiger partial charge in [0, 0.05) is 5.92 Å². The Hall–Kier alpha value is -2.48. The van der Waals surface area contributed by atoms with Crippen LogP contribution in [0.5, 0.6) is 0 Å². The molecular weight excluding hydrogens is 364 g/mol. The normalized spacial score (nSPS) is 19.8. The number of aryl methyl sites for hydroxylation is 1. The highest BCUT2D eigenvalue weighted by Gasteiger charge is 2.23. The Morgan fingerprint density at radius 2 is 1.67 bits per heavy atom. The van der Waals surface area contributed by atoms with E-state index >= 15 is 0 Å². The summed E-state index contributed by atoms with van der Waals surface area (Å²) in [7, 11) is 0. The highest BCUT2D eigenvalue weighted by atomic mass is 15.2. The number of hydrogen-bond acceptors (Lipinski definition) is 2. The predicted octanol–water partition coefficient (Wildman–Crippen LogP) is 7.63. The molecule has 1 aliphatic rings. The topological polar surface area (TPSA) is 24.7 Å². The van der Waals surface area contributed by atoms with Gasteiger partial charge in [-0.1, -0.05) is 86.9 Å². The Morgan fingerprint density at radius 1 is 0.933 bits per heavy atom. The molecule has 1 saturated carbocycles. The van der Waals surface area contributed by atoms with E-state index in [9.17, 15) is 0 Å². The fourth-order valence-electron chi connectivity index (χ4n) is 4.24. The smallest absolute Gasteiger partial charge is 0.0733 e. The Morgan fingerprint density at radius 3 is 2.37 bits per heavy atom. The van der Waals surface area contributed by atoms with Crippen LogP contribution in [0.1, 0.15) is 75.0 Å². The second-order valence-corrected chi connectivity index (χ2v) is 8.68. The predicted molar refractivity (Wildman–Crippen MR) is 131 cm³/mol. The molecule has 0 radical (unpaired) electrons. The first-order valence-electron chi connectivity index (χ1n) is 11.6. The van der Waals surface area contributed by atoms with Gasteiger partial charge in [0.25, 0.3) is 0 Å². The van der Waals surface area contributed by atoms with E-state index in [1.807, 2.05) is 12.3 Å².